The van der Waals surface area contributed by atoms with Crippen LogP contribution in [0, 0.1) is 0 Å². The van der Waals surface area contributed by atoms with E-state index in [4.69, 9.17) is 9.05 Å². The van der Waals surface area contributed by atoms with Crippen LogP contribution in [0.2, 0.25) is 0 Å². The van der Waals surface area contributed by atoms with E-state index in [0.717, 1.165) is 25.7 Å². The molecule has 0 aliphatic heterocycles. The van der Waals surface area contributed by atoms with E-state index in [2.05, 4.69) is 13.8 Å². The van der Waals surface area contributed by atoms with Gasteiger partial charge in [0.05, 0.1) is 13.2 Å². The molecule has 0 bridgehead atoms. The smallest absolute Gasteiger partial charge is 0.302 e. The second-order valence-electron chi connectivity index (χ2n) is 8.50. The van der Waals surface area contributed by atoms with Gasteiger partial charge in [-0.15, -0.1) is 0 Å². The molecule has 1 N–H and O–H groups in total. The van der Waals surface area contributed by atoms with E-state index in [1.165, 1.54) is 103 Å². The molecular formula is C24H51FeO4P. The average molecular weight is 490 g/mol. The van der Waals surface area contributed by atoms with E-state index in [-0.39, 0.29) is 17.1 Å². The molecular weight excluding hydrogens is 439 g/mol. The molecule has 0 aliphatic rings. The molecule has 0 spiro atoms. The summed E-state index contributed by atoms with van der Waals surface area (Å²) in [6.45, 7) is 5.14. The van der Waals surface area contributed by atoms with Crippen LogP contribution in [0.15, 0.2) is 0 Å². The monoisotopic (exact) mass is 490 g/mol. The summed E-state index contributed by atoms with van der Waals surface area (Å²) >= 11 is 0. The fourth-order valence-corrected chi connectivity index (χ4v) is 4.37. The molecule has 0 aromatic carbocycles. The summed E-state index contributed by atoms with van der Waals surface area (Å²) in [6, 6.07) is 0. The van der Waals surface area contributed by atoms with Gasteiger partial charge < -0.3 is 4.89 Å². The molecule has 0 radical (unpaired) electrons. The van der Waals surface area contributed by atoms with Crippen molar-refractivity contribution in [2.45, 2.75) is 142 Å². The Bertz CT molecular complexity index is 339. The Morgan fingerprint density at radius 3 is 1.00 bits per heavy atom. The van der Waals surface area contributed by atoms with Crippen molar-refractivity contribution >= 4 is 7.82 Å². The molecule has 0 aromatic heterocycles. The molecule has 0 aliphatic carbocycles. The Balaban J connectivity index is 0. The Labute approximate surface area is 198 Å². The van der Waals surface area contributed by atoms with Crippen LogP contribution in [-0.4, -0.2) is 18.1 Å². The van der Waals surface area contributed by atoms with Gasteiger partial charge in [0.1, 0.15) is 0 Å². The van der Waals surface area contributed by atoms with E-state index < -0.39 is 7.82 Å². The van der Waals surface area contributed by atoms with Crippen LogP contribution in [0.1, 0.15) is 142 Å². The zero-order valence-corrected chi connectivity index (χ0v) is 22.0. The Morgan fingerprint density at radius 1 is 0.500 bits per heavy atom. The Kier molecular flexibility index (Phi) is 28.3. The van der Waals surface area contributed by atoms with Gasteiger partial charge in [-0.1, -0.05) is 129 Å². The van der Waals surface area contributed by atoms with Gasteiger partial charge in [0.25, 0.3) is 0 Å². The maximum atomic E-state index is 11.8. The normalized spacial score (nSPS) is 11.6. The fraction of sp³-hybridized carbons (Fsp3) is 1.00. The van der Waals surface area contributed by atoms with Gasteiger partial charge in [0, 0.05) is 17.1 Å². The molecule has 0 saturated carbocycles. The van der Waals surface area contributed by atoms with Gasteiger partial charge in [-0.25, -0.2) is 4.57 Å². The minimum Gasteiger partial charge on any atom is -0.302 e. The Hall–Kier alpha value is 0.629. The molecule has 4 nitrogen and oxygen atoms in total. The van der Waals surface area contributed by atoms with E-state index in [9.17, 15) is 9.46 Å². The third-order valence-corrected chi connectivity index (χ3v) is 6.52. The van der Waals surface area contributed by atoms with Gasteiger partial charge in [-0.2, -0.15) is 0 Å². The van der Waals surface area contributed by atoms with Crippen LogP contribution in [0.5, 0.6) is 0 Å². The molecule has 0 aromatic rings. The molecule has 0 amide bonds. The number of unbranched alkanes of at least 4 members (excludes halogenated alkanes) is 18. The number of hydrogen-bond donors (Lipinski definition) is 1. The van der Waals surface area contributed by atoms with Gasteiger partial charge >= 0.3 is 7.82 Å². The molecule has 6 heteroatoms. The van der Waals surface area contributed by atoms with Crippen molar-refractivity contribution in [1.82, 2.24) is 0 Å². The number of rotatable bonds is 24. The van der Waals surface area contributed by atoms with Gasteiger partial charge in [0.15, 0.2) is 0 Å². The number of phosphoric ester groups is 1. The standard InChI is InChI=1S/C24H51O4P.Fe/c1-3-5-7-9-11-13-15-17-19-21-23-27-29(25,26)28-24-22-20-18-16-14-12-10-8-6-4-2;/h3-24H2,1-2H3,(H,25,26);. The first-order valence-electron chi connectivity index (χ1n) is 12.7. The topological polar surface area (TPSA) is 55.8 Å². The molecule has 0 unspecified atom stereocenters. The minimum absolute atomic E-state index is 0. The van der Waals surface area contributed by atoms with Crippen molar-refractivity contribution in [3.05, 3.63) is 0 Å². The van der Waals surface area contributed by atoms with Crippen molar-refractivity contribution in [1.29, 1.82) is 0 Å². The van der Waals surface area contributed by atoms with Gasteiger partial charge in [-0.05, 0) is 12.8 Å². The summed E-state index contributed by atoms with van der Waals surface area (Å²) in [4.78, 5) is 9.71. The first-order valence-corrected chi connectivity index (χ1v) is 14.2. The minimum atomic E-state index is -3.85. The summed E-state index contributed by atoms with van der Waals surface area (Å²) in [5, 5.41) is 0. The summed E-state index contributed by atoms with van der Waals surface area (Å²) in [6.07, 6.45) is 24.8. The van der Waals surface area contributed by atoms with Crippen LogP contribution < -0.4 is 0 Å². The first-order chi connectivity index (χ1) is 14.1. The van der Waals surface area contributed by atoms with Crippen LogP contribution in [0.3, 0.4) is 0 Å². The number of hydrogen-bond acceptors (Lipinski definition) is 3. The van der Waals surface area contributed by atoms with Crippen molar-refractivity contribution < 1.29 is 35.6 Å². The SMILES string of the molecule is CCCCCCCCCCCCOP(=O)(O)OCCCCCCCCCCCC.[Fe]. The maximum Gasteiger partial charge on any atom is 0.472 e. The van der Waals surface area contributed by atoms with E-state index in [1.807, 2.05) is 0 Å². The summed E-state index contributed by atoms with van der Waals surface area (Å²) in [5.41, 5.74) is 0. The predicted molar refractivity (Wildman–Crippen MR) is 125 cm³/mol. The Morgan fingerprint density at radius 2 is 0.733 bits per heavy atom. The summed E-state index contributed by atoms with van der Waals surface area (Å²) in [7, 11) is -3.85. The second-order valence-corrected chi connectivity index (χ2v) is 9.95. The quantitative estimate of drug-likeness (QED) is 0.0833. The second kappa shape index (κ2) is 25.9. The molecule has 0 heterocycles. The van der Waals surface area contributed by atoms with Crippen molar-refractivity contribution in [3.63, 3.8) is 0 Å². The van der Waals surface area contributed by atoms with Crippen molar-refractivity contribution in [3.8, 4) is 0 Å². The van der Waals surface area contributed by atoms with Crippen LogP contribution in [0.4, 0.5) is 0 Å². The predicted octanol–water partition coefficient (Wildman–Crippen LogP) is 8.96. The molecule has 0 fully saturated rings. The maximum absolute atomic E-state index is 11.8. The average Bonchev–Trinajstić information content (AvgIpc) is 2.70. The largest absolute Gasteiger partial charge is 0.472 e. The van der Waals surface area contributed by atoms with E-state index in [0.29, 0.717) is 13.2 Å². The third-order valence-electron chi connectivity index (χ3n) is 5.50. The van der Waals surface area contributed by atoms with Gasteiger partial charge in [-0.3, -0.25) is 9.05 Å². The van der Waals surface area contributed by atoms with Crippen LogP contribution >= 0.6 is 7.82 Å². The molecule has 0 rings (SSSR count). The summed E-state index contributed by atoms with van der Waals surface area (Å²) in [5.74, 6) is 0. The van der Waals surface area contributed by atoms with Gasteiger partial charge in [0.2, 0.25) is 0 Å². The molecule has 0 atom stereocenters. The number of phosphoric acid groups is 1. The van der Waals surface area contributed by atoms with E-state index >= 15 is 0 Å². The van der Waals surface area contributed by atoms with Crippen LogP contribution in [-0.2, 0) is 30.7 Å². The van der Waals surface area contributed by atoms with Crippen LogP contribution in [0.25, 0.3) is 0 Å². The fourth-order valence-electron chi connectivity index (χ4n) is 3.58. The molecule has 184 valence electrons. The first kappa shape index (κ1) is 32.8. The van der Waals surface area contributed by atoms with E-state index in [1.54, 1.807) is 0 Å². The summed E-state index contributed by atoms with van der Waals surface area (Å²) < 4.78 is 22.0. The zero-order valence-electron chi connectivity index (χ0n) is 20.0. The zero-order chi connectivity index (χ0) is 21.5. The van der Waals surface area contributed by atoms with Crippen molar-refractivity contribution in [2.75, 3.05) is 13.2 Å². The molecule has 30 heavy (non-hydrogen) atoms. The van der Waals surface area contributed by atoms with Crippen molar-refractivity contribution in [2.24, 2.45) is 0 Å². The third kappa shape index (κ3) is 26.7. The molecule has 0 saturated heterocycles.